The maximum absolute atomic E-state index is 5.16. The molecular weight excluding hydrogens is 216 g/mol. The molecule has 0 spiro atoms. The number of benzene rings is 1. The highest BCUT2D eigenvalue weighted by atomic mass is 32.1. The molecule has 1 aromatic carbocycles. The zero-order chi connectivity index (χ0) is 12.0. The van der Waals surface area contributed by atoms with Gasteiger partial charge in [0.2, 0.25) is 0 Å². The van der Waals surface area contributed by atoms with Gasteiger partial charge in [-0.2, -0.15) is 0 Å². The van der Waals surface area contributed by atoms with E-state index in [0.717, 1.165) is 10.8 Å². The molecule has 3 heteroatoms. The second kappa shape index (κ2) is 6.48. The maximum atomic E-state index is 5.16. The normalized spacial score (nSPS) is 13.4. The van der Waals surface area contributed by atoms with E-state index in [4.69, 9.17) is 12.2 Å². The van der Waals surface area contributed by atoms with Gasteiger partial charge in [0.15, 0.2) is 5.11 Å². The second-order valence-electron chi connectivity index (χ2n) is 3.74. The maximum Gasteiger partial charge on any atom is 0.170 e. The summed E-state index contributed by atoms with van der Waals surface area (Å²) in [6, 6.07) is 8.83. The Morgan fingerprint density at radius 2 is 1.81 bits per heavy atom. The number of hydrogen-bond acceptors (Lipinski definition) is 1. The molecule has 0 radical (unpaired) electrons. The average molecular weight is 240 g/mol. The topological polar surface area (TPSA) is 24.1 Å². The van der Waals surface area contributed by atoms with Crippen LogP contribution >= 0.6 is 12.2 Å². The van der Waals surface area contributed by atoms with Crippen LogP contribution in [0.1, 0.15) is 35.1 Å². The van der Waals surface area contributed by atoms with Crippen LogP contribution in [0.3, 0.4) is 0 Å². The lowest BCUT2D eigenvalue weighted by atomic mass is 10.2. The van der Waals surface area contributed by atoms with Gasteiger partial charge in [-0.1, -0.05) is 31.5 Å². The third-order valence-corrected chi connectivity index (χ3v) is 2.44. The number of thiocarbonyl (C=S) groups is 1. The largest absolute Gasteiger partial charge is 0.360 e. The van der Waals surface area contributed by atoms with Gasteiger partial charge in [-0.25, -0.2) is 0 Å². The summed E-state index contributed by atoms with van der Waals surface area (Å²) in [6.45, 7) is 6.07. The molecule has 2 nitrogen and oxygen atoms in total. The van der Waals surface area contributed by atoms with Crippen molar-refractivity contribution in [2.75, 3.05) is 5.32 Å². The Morgan fingerprint density at radius 1 is 1.25 bits per heavy atom. The molecule has 0 aliphatic heterocycles. The van der Waals surface area contributed by atoms with Crippen LogP contribution in [0, 0.1) is 6.92 Å². The molecule has 1 saturated carbocycles. The molecule has 0 unspecified atom stereocenters. The van der Waals surface area contributed by atoms with Gasteiger partial charge < -0.3 is 10.6 Å². The van der Waals surface area contributed by atoms with Crippen LogP contribution in [-0.2, 0) is 0 Å². The molecule has 0 amide bonds. The lowest BCUT2D eigenvalue weighted by Gasteiger charge is -2.09. The van der Waals surface area contributed by atoms with Crippen molar-refractivity contribution >= 4 is 23.0 Å². The van der Waals surface area contributed by atoms with Crippen molar-refractivity contribution in [3.8, 4) is 0 Å². The Bertz CT molecular complexity index is 337. The van der Waals surface area contributed by atoms with Gasteiger partial charge in [-0.3, -0.25) is 0 Å². The molecule has 92 valence electrons. The molecule has 1 aromatic rings. The average Bonchev–Trinajstić information content (AvgIpc) is 3.08. The minimum atomic E-state index is 0. The van der Waals surface area contributed by atoms with Crippen LogP contribution in [0.4, 0.5) is 5.69 Å². The molecule has 0 saturated heterocycles. The quantitative estimate of drug-likeness (QED) is 0.765. The lowest BCUT2D eigenvalue weighted by molar-refractivity contribution is 0.919. The molecular formula is C13H24N2S. The number of rotatable bonds is 2. The van der Waals surface area contributed by atoms with E-state index < -0.39 is 0 Å². The zero-order valence-corrected chi connectivity index (χ0v) is 11.0. The Hall–Kier alpha value is -1.09. The first kappa shape index (κ1) is 13.0. The zero-order valence-electron chi connectivity index (χ0n) is 10.2. The summed E-state index contributed by atoms with van der Waals surface area (Å²) in [5.41, 5.74) is 2.31. The first-order valence-electron chi connectivity index (χ1n) is 5.88. The smallest absolute Gasteiger partial charge is 0.170 e. The summed E-state index contributed by atoms with van der Waals surface area (Å²) >= 11 is 5.16. The molecule has 0 atom stereocenters. The third kappa shape index (κ3) is 4.62. The van der Waals surface area contributed by atoms with E-state index >= 15 is 0 Å². The predicted octanol–water partition coefficient (Wildman–Crippen LogP) is 3.96. The lowest BCUT2D eigenvalue weighted by Crippen LogP contribution is -2.30. The van der Waals surface area contributed by atoms with E-state index in [1.54, 1.807) is 0 Å². The molecule has 0 bridgehead atoms. The monoisotopic (exact) mass is 240 g/mol. The fraction of sp³-hybridized carbons (Fsp3) is 0.462. The Kier molecular flexibility index (Phi) is 5.26. The predicted molar refractivity (Wildman–Crippen MR) is 79.1 cm³/mol. The minimum Gasteiger partial charge on any atom is -0.360 e. The van der Waals surface area contributed by atoms with Gasteiger partial charge >= 0.3 is 0 Å². The van der Waals surface area contributed by atoms with Gasteiger partial charge in [-0.05, 0) is 44.1 Å². The molecule has 16 heavy (non-hydrogen) atoms. The summed E-state index contributed by atoms with van der Waals surface area (Å²) in [7, 11) is 0. The molecule has 0 aromatic heterocycles. The van der Waals surface area contributed by atoms with Crippen LogP contribution < -0.4 is 10.6 Å². The number of hydrogen-bond donors (Lipinski definition) is 2. The molecule has 2 rings (SSSR count). The highest BCUT2D eigenvalue weighted by Crippen LogP contribution is 2.18. The van der Waals surface area contributed by atoms with Crippen molar-refractivity contribution in [3.05, 3.63) is 29.8 Å². The van der Waals surface area contributed by atoms with Crippen LogP contribution in [0.2, 0.25) is 0 Å². The first-order valence-corrected chi connectivity index (χ1v) is 6.29. The third-order valence-electron chi connectivity index (χ3n) is 2.22. The first-order chi connectivity index (χ1) is 7.74. The van der Waals surface area contributed by atoms with Crippen molar-refractivity contribution in [2.24, 2.45) is 0 Å². The van der Waals surface area contributed by atoms with Crippen LogP contribution in [0.5, 0.6) is 0 Å². The van der Waals surface area contributed by atoms with Crippen molar-refractivity contribution in [1.29, 1.82) is 0 Å². The van der Waals surface area contributed by atoms with E-state index in [9.17, 15) is 0 Å². The van der Waals surface area contributed by atoms with Crippen LogP contribution in [-0.4, -0.2) is 11.2 Å². The molecule has 2 N–H and O–H groups in total. The highest BCUT2D eigenvalue weighted by molar-refractivity contribution is 7.80. The minimum absolute atomic E-state index is 0. The van der Waals surface area contributed by atoms with E-state index in [1.807, 2.05) is 26.0 Å². The summed E-state index contributed by atoms with van der Waals surface area (Å²) in [6.07, 6.45) is 2.49. The number of nitrogens with one attached hydrogen (secondary N) is 2. The molecule has 1 aliphatic rings. The molecule has 1 aliphatic carbocycles. The van der Waals surface area contributed by atoms with Crippen LogP contribution in [0.25, 0.3) is 0 Å². The SMILES string of the molecule is CC.Cc1ccc(NC(=S)NC2CC2)cc1.[HH].[HH]. The molecule has 0 heterocycles. The second-order valence-corrected chi connectivity index (χ2v) is 4.15. The summed E-state index contributed by atoms with van der Waals surface area (Å²) < 4.78 is 0. The summed E-state index contributed by atoms with van der Waals surface area (Å²) in [5.74, 6) is 0. The Labute approximate surface area is 106 Å². The fourth-order valence-corrected chi connectivity index (χ4v) is 1.50. The van der Waals surface area contributed by atoms with E-state index in [0.29, 0.717) is 6.04 Å². The summed E-state index contributed by atoms with van der Waals surface area (Å²) in [5, 5.41) is 7.13. The Morgan fingerprint density at radius 3 is 2.31 bits per heavy atom. The van der Waals surface area contributed by atoms with Crippen molar-refractivity contribution in [3.63, 3.8) is 0 Å². The van der Waals surface area contributed by atoms with Gasteiger partial charge in [-0.15, -0.1) is 0 Å². The number of aryl methyl sites for hydroxylation is 1. The number of anilines is 1. The Balaban J connectivity index is 0. The standard InChI is InChI=1S/C11H14N2S.C2H6.2H2/c1-8-2-4-9(5-3-8)12-11(14)13-10-6-7-10;1-2;;/h2-5,10H,6-7H2,1H3,(H2,12,13,14);1-2H3;2*1H. The summed E-state index contributed by atoms with van der Waals surface area (Å²) in [4.78, 5) is 0. The van der Waals surface area contributed by atoms with Gasteiger partial charge in [0.25, 0.3) is 0 Å². The van der Waals surface area contributed by atoms with Crippen LogP contribution in [0.15, 0.2) is 24.3 Å². The van der Waals surface area contributed by atoms with Crippen molar-refractivity contribution in [2.45, 2.75) is 39.7 Å². The van der Waals surface area contributed by atoms with Gasteiger partial charge in [0.05, 0.1) is 0 Å². The van der Waals surface area contributed by atoms with E-state index in [1.165, 1.54) is 18.4 Å². The van der Waals surface area contributed by atoms with E-state index in [2.05, 4.69) is 29.7 Å². The fourth-order valence-electron chi connectivity index (χ4n) is 1.22. The van der Waals surface area contributed by atoms with Gasteiger partial charge in [0.1, 0.15) is 0 Å². The van der Waals surface area contributed by atoms with E-state index in [-0.39, 0.29) is 2.85 Å². The molecule has 1 fully saturated rings. The van der Waals surface area contributed by atoms with Crippen molar-refractivity contribution < 1.29 is 2.85 Å². The highest BCUT2D eigenvalue weighted by Gasteiger charge is 2.21. The van der Waals surface area contributed by atoms with Crippen molar-refractivity contribution in [1.82, 2.24) is 5.32 Å². The van der Waals surface area contributed by atoms with Gasteiger partial charge in [0, 0.05) is 14.6 Å².